The molecule has 1 aromatic rings. The zero-order valence-electron chi connectivity index (χ0n) is 8.57. The summed E-state index contributed by atoms with van der Waals surface area (Å²) in [5.74, 6) is 1.68. The van der Waals surface area contributed by atoms with Crippen LogP contribution >= 0.6 is 11.8 Å². The predicted octanol–water partition coefficient (Wildman–Crippen LogP) is 2.88. The Kier molecular flexibility index (Phi) is 4.07. The van der Waals surface area contributed by atoms with E-state index in [4.69, 9.17) is 4.42 Å². The number of methoxy groups -OCH3 is 1. The van der Waals surface area contributed by atoms with Crippen molar-refractivity contribution in [1.29, 1.82) is 0 Å². The molecule has 1 atom stereocenters. The molecule has 0 bridgehead atoms. The summed E-state index contributed by atoms with van der Waals surface area (Å²) in [5.41, 5.74) is 0. The molecule has 0 fully saturated rings. The Bertz CT molecular complexity index is 306. The summed E-state index contributed by atoms with van der Waals surface area (Å²) < 4.78 is 9.91. The van der Waals surface area contributed by atoms with E-state index in [2.05, 4.69) is 11.7 Å². The molecule has 1 unspecified atom stereocenters. The summed E-state index contributed by atoms with van der Waals surface area (Å²) in [7, 11) is 1.34. The fourth-order valence-corrected chi connectivity index (χ4v) is 1.90. The lowest BCUT2D eigenvalue weighted by molar-refractivity contribution is 0.0563. The molecule has 0 aromatic carbocycles. The minimum Gasteiger partial charge on any atom is -0.463 e. The molecule has 0 aliphatic heterocycles. The summed E-state index contributed by atoms with van der Waals surface area (Å²) in [6.07, 6.45) is 0. The van der Waals surface area contributed by atoms with E-state index in [-0.39, 0.29) is 11.0 Å². The summed E-state index contributed by atoms with van der Waals surface area (Å²) in [5, 5.41) is 0.276. The van der Waals surface area contributed by atoms with Crippen LogP contribution in [0.5, 0.6) is 0 Å². The highest BCUT2D eigenvalue weighted by Crippen LogP contribution is 2.29. The maximum Gasteiger partial charge on any atom is 0.373 e. The third kappa shape index (κ3) is 2.54. The van der Waals surface area contributed by atoms with Crippen LogP contribution in [-0.4, -0.2) is 18.8 Å². The van der Waals surface area contributed by atoms with Gasteiger partial charge in [0, 0.05) is 0 Å². The molecular weight excluding hydrogens is 200 g/mol. The molecule has 0 saturated carbocycles. The van der Waals surface area contributed by atoms with Gasteiger partial charge in [0.1, 0.15) is 5.76 Å². The Morgan fingerprint density at radius 1 is 1.64 bits per heavy atom. The third-order valence-corrected chi connectivity index (χ3v) is 2.90. The lowest BCUT2D eigenvalue weighted by Crippen LogP contribution is -1.98. The van der Waals surface area contributed by atoms with Gasteiger partial charge in [0.15, 0.2) is 0 Å². The smallest absolute Gasteiger partial charge is 0.373 e. The summed E-state index contributed by atoms with van der Waals surface area (Å²) in [6.45, 7) is 4.14. The van der Waals surface area contributed by atoms with Crippen molar-refractivity contribution in [2.75, 3.05) is 12.9 Å². The van der Waals surface area contributed by atoms with E-state index in [0.717, 1.165) is 11.5 Å². The minimum atomic E-state index is -0.426. The number of carbonyl (C=O) groups excluding carboxylic acids is 1. The minimum absolute atomic E-state index is 0.269. The Morgan fingerprint density at radius 3 is 2.93 bits per heavy atom. The molecule has 0 spiro atoms. The van der Waals surface area contributed by atoms with E-state index >= 15 is 0 Å². The summed E-state index contributed by atoms with van der Waals surface area (Å²) in [4.78, 5) is 11.1. The van der Waals surface area contributed by atoms with Gasteiger partial charge in [0.2, 0.25) is 5.76 Å². The number of hydrogen-bond acceptors (Lipinski definition) is 4. The average Bonchev–Trinajstić information content (AvgIpc) is 2.66. The first-order chi connectivity index (χ1) is 6.69. The second-order valence-electron chi connectivity index (χ2n) is 2.79. The van der Waals surface area contributed by atoms with E-state index in [0.29, 0.717) is 0 Å². The highest BCUT2D eigenvalue weighted by atomic mass is 32.2. The van der Waals surface area contributed by atoms with Crippen LogP contribution in [0.15, 0.2) is 16.5 Å². The fourth-order valence-electron chi connectivity index (χ4n) is 1.11. The van der Waals surface area contributed by atoms with Gasteiger partial charge >= 0.3 is 5.97 Å². The normalized spacial score (nSPS) is 12.5. The van der Waals surface area contributed by atoms with Crippen molar-refractivity contribution >= 4 is 17.7 Å². The van der Waals surface area contributed by atoms with Crippen LogP contribution in [-0.2, 0) is 4.74 Å². The molecule has 78 valence electrons. The van der Waals surface area contributed by atoms with Gasteiger partial charge in [0.25, 0.3) is 0 Å². The molecule has 4 heteroatoms. The Hall–Kier alpha value is -0.900. The number of furan rings is 1. The lowest BCUT2D eigenvalue weighted by Gasteiger charge is -2.04. The molecular formula is C10H14O3S. The first-order valence-electron chi connectivity index (χ1n) is 4.48. The molecule has 0 aliphatic carbocycles. The van der Waals surface area contributed by atoms with Crippen LogP contribution in [0, 0.1) is 0 Å². The van der Waals surface area contributed by atoms with Crippen molar-refractivity contribution in [3.63, 3.8) is 0 Å². The van der Waals surface area contributed by atoms with Gasteiger partial charge in [0.05, 0.1) is 12.4 Å². The van der Waals surface area contributed by atoms with Gasteiger partial charge in [-0.05, 0) is 24.8 Å². The number of thioether (sulfide) groups is 1. The quantitative estimate of drug-likeness (QED) is 0.722. The molecule has 0 saturated heterocycles. The lowest BCUT2D eigenvalue weighted by atomic mass is 10.3. The van der Waals surface area contributed by atoms with Gasteiger partial charge < -0.3 is 9.15 Å². The van der Waals surface area contributed by atoms with E-state index in [1.165, 1.54) is 7.11 Å². The maximum absolute atomic E-state index is 11.1. The van der Waals surface area contributed by atoms with Crippen LogP contribution < -0.4 is 0 Å². The van der Waals surface area contributed by atoms with Crippen molar-refractivity contribution in [3.05, 3.63) is 23.7 Å². The topological polar surface area (TPSA) is 39.4 Å². The van der Waals surface area contributed by atoms with Crippen LogP contribution in [0.3, 0.4) is 0 Å². The van der Waals surface area contributed by atoms with Crippen molar-refractivity contribution < 1.29 is 13.9 Å². The Balaban J connectivity index is 2.72. The van der Waals surface area contributed by atoms with Crippen molar-refractivity contribution in [2.24, 2.45) is 0 Å². The molecule has 1 aromatic heterocycles. The van der Waals surface area contributed by atoms with Crippen LogP contribution in [0.25, 0.3) is 0 Å². The Morgan fingerprint density at radius 2 is 2.36 bits per heavy atom. The van der Waals surface area contributed by atoms with Crippen molar-refractivity contribution in [2.45, 2.75) is 19.1 Å². The summed E-state index contributed by atoms with van der Waals surface area (Å²) in [6, 6.07) is 3.47. The first-order valence-corrected chi connectivity index (χ1v) is 5.53. The van der Waals surface area contributed by atoms with E-state index < -0.39 is 5.97 Å². The zero-order chi connectivity index (χ0) is 10.6. The highest BCUT2D eigenvalue weighted by Gasteiger charge is 2.14. The standard InChI is InChI=1S/C10H14O3S/c1-4-14-7(2)8-5-6-9(13-8)10(11)12-3/h5-7H,4H2,1-3H3. The van der Waals surface area contributed by atoms with Crippen molar-refractivity contribution in [3.8, 4) is 0 Å². The second-order valence-corrected chi connectivity index (χ2v) is 4.41. The number of rotatable bonds is 4. The second kappa shape index (κ2) is 5.10. The molecule has 0 radical (unpaired) electrons. The van der Waals surface area contributed by atoms with Crippen LogP contribution in [0.4, 0.5) is 0 Å². The zero-order valence-corrected chi connectivity index (χ0v) is 9.39. The third-order valence-electron chi connectivity index (χ3n) is 1.83. The molecule has 1 rings (SSSR count). The Labute approximate surface area is 87.8 Å². The number of hydrogen-bond donors (Lipinski definition) is 0. The number of carbonyl (C=O) groups is 1. The van der Waals surface area contributed by atoms with E-state index in [1.54, 1.807) is 17.8 Å². The molecule has 1 heterocycles. The van der Waals surface area contributed by atoms with Gasteiger partial charge in [-0.25, -0.2) is 4.79 Å². The predicted molar refractivity (Wildman–Crippen MR) is 56.6 cm³/mol. The van der Waals surface area contributed by atoms with Gasteiger partial charge in [-0.1, -0.05) is 6.92 Å². The van der Waals surface area contributed by atoms with Gasteiger partial charge in [-0.3, -0.25) is 0 Å². The largest absolute Gasteiger partial charge is 0.463 e. The SMILES string of the molecule is CCSC(C)c1ccc(C(=O)OC)o1. The monoisotopic (exact) mass is 214 g/mol. The van der Waals surface area contributed by atoms with E-state index in [9.17, 15) is 4.79 Å². The number of ether oxygens (including phenoxy) is 1. The van der Waals surface area contributed by atoms with Gasteiger partial charge in [-0.15, -0.1) is 0 Å². The molecule has 0 N–H and O–H groups in total. The van der Waals surface area contributed by atoms with Crippen LogP contribution in [0.1, 0.15) is 35.4 Å². The molecule has 0 amide bonds. The average molecular weight is 214 g/mol. The first kappa shape index (κ1) is 11.2. The molecule has 3 nitrogen and oxygen atoms in total. The van der Waals surface area contributed by atoms with Crippen LogP contribution in [0.2, 0.25) is 0 Å². The van der Waals surface area contributed by atoms with Crippen molar-refractivity contribution in [1.82, 2.24) is 0 Å². The fraction of sp³-hybridized carbons (Fsp3) is 0.500. The van der Waals surface area contributed by atoms with Gasteiger partial charge in [-0.2, -0.15) is 11.8 Å². The van der Waals surface area contributed by atoms with E-state index in [1.807, 2.05) is 13.0 Å². The highest BCUT2D eigenvalue weighted by molar-refractivity contribution is 7.99. The molecule has 14 heavy (non-hydrogen) atoms. The number of esters is 1. The maximum atomic E-state index is 11.1. The summed E-state index contributed by atoms with van der Waals surface area (Å²) >= 11 is 1.77. The molecule has 0 aliphatic rings.